The first-order valence-corrected chi connectivity index (χ1v) is 5.22. The summed E-state index contributed by atoms with van der Waals surface area (Å²) in [6.45, 7) is 7.09. The van der Waals surface area contributed by atoms with Crippen LogP contribution < -0.4 is 0 Å². The number of methoxy groups -OCH3 is 1. The number of nitrogens with zero attached hydrogens (tertiary/aromatic N) is 1. The van der Waals surface area contributed by atoms with Gasteiger partial charge in [-0.25, -0.2) is 0 Å². The SMILES string of the molecule is C=C1CN2C[C@@H](COC)C[C@@]2(CO)C1. The molecule has 0 unspecified atom stereocenters. The molecule has 0 spiro atoms. The number of ether oxygens (including phenoxy) is 1. The fourth-order valence-corrected chi connectivity index (χ4v) is 3.01. The molecule has 0 aromatic carbocycles. The van der Waals surface area contributed by atoms with Crippen LogP contribution in [0.15, 0.2) is 12.2 Å². The molecule has 3 heteroatoms. The predicted molar refractivity (Wildman–Crippen MR) is 55.1 cm³/mol. The highest BCUT2D eigenvalue weighted by atomic mass is 16.5. The topological polar surface area (TPSA) is 32.7 Å². The van der Waals surface area contributed by atoms with Crippen LogP contribution in [-0.4, -0.2) is 49.0 Å². The van der Waals surface area contributed by atoms with Crippen LogP contribution in [0.2, 0.25) is 0 Å². The summed E-state index contributed by atoms with van der Waals surface area (Å²) in [5, 5.41) is 9.51. The van der Waals surface area contributed by atoms with Gasteiger partial charge in [-0.15, -0.1) is 0 Å². The molecule has 3 nitrogen and oxygen atoms in total. The van der Waals surface area contributed by atoms with E-state index in [2.05, 4.69) is 11.5 Å². The third-order valence-electron chi connectivity index (χ3n) is 3.51. The number of rotatable bonds is 3. The molecule has 0 aromatic rings. The van der Waals surface area contributed by atoms with Crippen LogP contribution in [0.4, 0.5) is 0 Å². The minimum Gasteiger partial charge on any atom is -0.394 e. The van der Waals surface area contributed by atoms with E-state index < -0.39 is 0 Å². The van der Waals surface area contributed by atoms with Crippen LogP contribution >= 0.6 is 0 Å². The van der Waals surface area contributed by atoms with Gasteiger partial charge in [-0.05, 0) is 18.8 Å². The average molecular weight is 197 g/mol. The molecule has 0 aromatic heterocycles. The Labute approximate surface area is 85.4 Å². The second-order valence-electron chi connectivity index (χ2n) is 4.72. The molecular weight excluding hydrogens is 178 g/mol. The first-order valence-electron chi connectivity index (χ1n) is 5.22. The van der Waals surface area contributed by atoms with Crippen molar-refractivity contribution in [3.8, 4) is 0 Å². The Bertz CT molecular complexity index is 241. The maximum atomic E-state index is 9.51. The molecule has 0 saturated carbocycles. The molecule has 2 aliphatic heterocycles. The number of aliphatic hydroxyl groups is 1. The van der Waals surface area contributed by atoms with Crippen molar-refractivity contribution in [1.82, 2.24) is 4.90 Å². The van der Waals surface area contributed by atoms with Crippen LogP contribution in [0.3, 0.4) is 0 Å². The largest absolute Gasteiger partial charge is 0.394 e. The molecule has 1 N–H and O–H groups in total. The molecule has 0 bridgehead atoms. The normalized spacial score (nSPS) is 37.9. The van der Waals surface area contributed by atoms with Gasteiger partial charge in [-0.3, -0.25) is 4.90 Å². The highest BCUT2D eigenvalue weighted by Crippen LogP contribution is 2.42. The Kier molecular flexibility index (Phi) is 2.64. The Morgan fingerprint density at radius 2 is 2.50 bits per heavy atom. The van der Waals surface area contributed by atoms with E-state index in [1.54, 1.807) is 7.11 Å². The maximum Gasteiger partial charge on any atom is 0.0618 e. The van der Waals surface area contributed by atoms with Gasteiger partial charge < -0.3 is 9.84 Å². The predicted octanol–water partition coefficient (Wildman–Crippen LogP) is 0.646. The lowest BCUT2D eigenvalue weighted by atomic mass is 9.90. The van der Waals surface area contributed by atoms with Gasteiger partial charge >= 0.3 is 0 Å². The summed E-state index contributed by atoms with van der Waals surface area (Å²) in [5.74, 6) is 0.584. The molecular formula is C11H19NO2. The smallest absolute Gasteiger partial charge is 0.0618 e. The van der Waals surface area contributed by atoms with Crippen molar-refractivity contribution >= 4 is 0 Å². The van der Waals surface area contributed by atoms with Crippen molar-refractivity contribution in [3.05, 3.63) is 12.2 Å². The van der Waals surface area contributed by atoms with Crippen molar-refractivity contribution < 1.29 is 9.84 Å². The minimum atomic E-state index is 0.000278. The third kappa shape index (κ3) is 1.49. The summed E-state index contributed by atoms with van der Waals surface area (Å²) >= 11 is 0. The van der Waals surface area contributed by atoms with Crippen molar-refractivity contribution in [3.63, 3.8) is 0 Å². The van der Waals surface area contributed by atoms with E-state index in [4.69, 9.17) is 4.74 Å². The van der Waals surface area contributed by atoms with E-state index >= 15 is 0 Å². The van der Waals surface area contributed by atoms with Gasteiger partial charge in [0.2, 0.25) is 0 Å². The molecule has 14 heavy (non-hydrogen) atoms. The summed E-state index contributed by atoms with van der Waals surface area (Å²) in [5.41, 5.74) is 1.26. The van der Waals surface area contributed by atoms with Gasteiger partial charge in [-0.2, -0.15) is 0 Å². The van der Waals surface area contributed by atoms with E-state index in [1.165, 1.54) is 5.57 Å². The highest BCUT2D eigenvalue weighted by molar-refractivity contribution is 5.18. The molecule has 0 amide bonds. The van der Waals surface area contributed by atoms with Crippen LogP contribution in [0.25, 0.3) is 0 Å². The molecule has 2 atom stereocenters. The maximum absolute atomic E-state index is 9.51. The lowest BCUT2D eigenvalue weighted by Crippen LogP contribution is -2.41. The molecule has 0 aliphatic carbocycles. The Hall–Kier alpha value is -0.380. The van der Waals surface area contributed by atoms with E-state index in [9.17, 15) is 5.11 Å². The molecule has 2 rings (SSSR count). The van der Waals surface area contributed by atoms with Gasteiger partial charge in [0.25, 0.3) is 0 Å². The van der Waals surface area contributed by atoms with Crippen molar-refractivity contribution in [2.75, 3.05) is 33.4 Å². The monoisotopic (exact) mass is 197 g/mol. The van der Waals surface area contributed by atoms with Crippen LogP contribution in [-0.2, 0) is 4.74 Å². The number of hydrogen-bond donors (Lipinski definition) is 1. The number of hydrogen-bond acceptors (Lipinski definition) is 3. The van der Waals surface area contributed by atoms with E-state index in [0.717, 1.165) is 32.5 Å². The first-order chi connectivity index (χ1) is 6.70. The molecule has 2 fully saturated rings. The Morgan fingerprint density at radius 1 is 1.71 bits per heavy atom. The van der Waals surface area contributed by atoms with Crippen LogP contribution in [0.1, 0.15) is 12.8 Å². The lowest BCUT2D eigenvalue weighted by Gasteiger charge is -2.28. The summed E-state index contributed by atoms with van der Waals surface area (Å²) in [6, 6.07) is 0. The summed E-state index contributed by atoms with van der Waals surface area (Å²) < 4.78 is 5.18. The van der Waals surface area contributed by atoms with Gasteiger partial charge in [0, 0.05) is 25.7 Å². The fourth-order valence-electron chi connectivity index (χ4n) is 3.01. The minimum absolute atomic E-state index is 0.000278. The van der Waals surface area contributed by atoms with Crippen molar-refractivity contribution in [2.24, 2.45) is 5.92 Å². The second-order valence-corrected chi connectivity index (χ2v) is 4.72. The highest BCUT2D eigenvalue weighted by Gasteiger charge is 2.48. The van der Waals surface area contributed by atoms with Gasteiger partial charge in [-0.1, -0.05) is 12.2 Å². The third-order valence-corrected chi connectivity index (χ3v) is 3.51. The zero-order chi connectivity index (χ0) is 10.2. The molecule has 2 saturated heterocycles. The molecule has 2 heterocycles. The lowest BCUT2D eigenvalue weighted by molar-refractivity contribution is 0.0994. The second kappa shape index (κ2) is 3.65. The average Bonchev–Trinajstić information content (AvgIpc) is 2.58. The van der Waals surface area contributed by atoms with E-state index in [1.807, 2.05) is 0 Å². The zero-order valence-corrected chi connectivity index (χ0v) is 8.83. The van der Waals surface area contributed by atoms with Gasteiger partial charge in [0.15, 0.2) is 0 Å². The first kappa shape index (κ1) is 10.1. The van der Waals surface area contributed by atoms with Gasteiger partial charge in [0.1, 0.15) is 0 Å². The molecule has 80 valence electrons. The Morgan fingerprint density at radius 3 is 3.07 bits per heavy atom. The standard InChI is InChI=1S/C11H19NO2/c1-9-3-11(8-13)4-10(7-14-2)6-12(11)5-9/h10,13H,1,3-8H2,2H3/t10-,11+/m0/s1. The summed E-state index contributed by atoms with van der Waals surface area (Å²) in [6.07, 6.45) is 2.01. The van der Waals surface area contributed by atoms with Crippen LogP contribution in [0.5, 0.6) is 0 Å². The quantitative estimate of drug-likeness (QED) is 0.674. The van der Waals surface area contributed by atoms with E-state index in [0.29, 0.717) is 5.92 Å². The van der Waals surface area contributed by atoms with Crippen molar-refractivity contribution in [1.29, 1.82) is 0 Å². The molecule has 0 radical (unpaired) electrons. The fraction of sp³-hybridized carbons (Fsp3) is 0.818. The van der Waals surface area contributed by atoms with Gasteiger partial charge in [0.05, 0.1) is 13.2 Å². The Balaban J connectivity index is 2.06. The number of aliphatic hydroxyl groups excluding tert-OH is 1. The summed E-state index contributed by atoms with van der Waals surface area (Å²) in [4.78, 5) is 2.37. The van der Waals surface area contributed by atoms with Crippen LogP contribution in [0, 0.1) is 5.92 Å². The summed E-state index contributed by atoms with van der Waals surface area (Å²) in [7, 11) is 1.74. The van der Waals surface area contributed by atoms with E-state index in [-0.39, 0.29) is 12.1 Å². The molecule has 2 aliphatic rings. The number of fused-ring (bicyclic) bond motifs is 1. The van der Waals surface area contributed by atoms with Crippen molar-refractivity contribution in [2.45, 2.75) is 18.4 Å². The zero-order valence-electron chi connectivity index (χ0n) is 8.83.